The lowest BCUT2D eigenvalue weighted by Crippen LogP contribution is -2.23. The predicted molar refractivity (Wildman–Crippen MR) is 95.7 cm³/mol. The number of methoxy groups -OCH3 is 2. The number of rotatable bonds is 8. The van der Waals surface area contributed by atoms with E-state index in [2.05, 4.69) is 10.3 Å². The number of hydrogen-bond donors (Lipinski definition) is 1. The Kier molecular flexibility index (Phi) is 6.89. The fourth-order valence-corrected chi connectivity index (χ4v) is 2.42. The van der Waals surface area contributed by atoms with Crippen LogP contribution in [-0.2, 0) is 6.54 Å². The molecule has 6 nitrogen and oxygen atoms in total. The quantitative estimate of drug-likeness (QED) is 0.776. The van der Waals surface area contributed by atoms with Crippen molar-refractivity contribution in [2.24, 2.45) is 0 Å². The fourth-order valence-electron chi connectivity index (χ4n) is 2.15. The Bertz CT molecular complexity index is 737. The van der Waals surface area contributed by atoms with E-state index in [1.54, 1.807) is 37.6 Å². The minimum absolute atomic E-state index is 0.266. The molecule has 1 N–H and O–H groups in total. The van der Waals surface area contributed by atoms with Gasteiger partial charge in [-0.05, 0) is 30.2 Å². The third-order valence-corrected chi connectivity index (χ3v) is 3.68. The molecule has 2 rings (SSSR count). The Balaban J connectivity index is 2.11. The van der Waals surface area contributed by atoms with Gasteiger partial charge in [0.25, 0.3) is 5.91 Å². The van der Waals surface area contributed by atoms with Crippen molar-refractivity contribution in [3.8, 4) is 17.4 Å². The molecule has 0 aliphatic heterocycles. The predicted octanol–water partition coefficient (Wildman–Crippen LogP) is 3.47. The molecule has 0 saturated carbocycles. The number of amides is 1. The van der Waals surface area contributed by atoms with Gasteiger partial charge in [0.15, 0.2) is 11.5 Å². The summed E-state index contributed by atoms with van der Waals surface area (Å²) in [6.45, 7) is 2.85. The Morgan fingerprint density at radius 1 is 1.24 bits per heavy atom. The molecule has 0 aliphatic carbocycles. The van der Waals surface area contributed by atoms with Crippen LogP contribution < -0.4 is 19.5 Å². The molecule has 0 atom stereocenters. The van der Waals surface area contributed by atoms with Gasteiger partial charge >= 0.3 is 0 Å². The Hall–Kier alpha value is -2.47. The number of nitrogens with one attached hydrogen (secondary N) is 1. The standard InChI is InChI=1S/C18H21ClN2O4/c1-4-7-25-17-14(19)9-13(10-15(17)23-2)18(22)21-11-12-5-6-20-16(8-12)24-3/h5-6,8-10H,4,7,11H2,1-3H3,(H,21,22). The molecule has 1 heterocycles. The van der Waals surface area contributed by atoms with Crippen LogP contribution in [0.1, 0.15) is 29.3 Å². The van der Waals surface area contributed by atoms with Crippen LogP contribution in [0.3, 0.4) is 0 Å². The zero-order chi connectivity index (χ0) is 18.2. The monoisotopic (exact) mass is 364 g/mol. The first-order valence-electron chi connectivity index (χ1n) is 7.86. The van der Waals surface area contributed by atoms with Crippen LogP contribution in [0.25, 0.3) is 0 Å². The number of aromatic nitrogens is 1. The summed E-state index contributed by atoms with van der Waals surface area (Å²) in [6.07, 6.45) is 2.47. The first-order valence-corrected chi connectivity index (χ1v) is 8.24. The summed E-state index contributed by atoms with van der Waals surface area (Å²) < 4.78 is 15.9. The summed E-state index contributed by atoms with van der Waals surface area (Å²) in [5.74, 6) is 1.10. The molecule has 0 fully saturated rings. The lowest BCUT2D eigenvalue weighted by Gasteiger charge is -2.14. The maximum atomic E-state index is 12.4. The summed E-state index contributed by atoms with van der Waals surface area (Å²) in [7, 11) is 3.05. The van der Waals surface area contributed by atoms with Crippen molar-refractivity contribution < 1.29 is 19.0 Å². The largest absolute Gasteiger partial charge is 0.493 e. The molecule has 7 heteroatoms. The van der Waals surface area contributed by atoms with E-state index in [1.807, 2.05) is 6.92 Å². The number of pyridine rings is 1. The SMILES string of the molecule is CCCOc1c(Cl)cc(C(=O)NCc2ccnc(OC)c2)cc1OC. The Morgan fingerprint density at radius 2 is 2.04 bits per heavy atom. The van der Waals surface area contributed by atoms with Crippen molar-refractivity contribution in [1.29, 1.82) is 0 Å². The molecule has 1 amide bonds. The summed E-state index contributed by atoms with van der Waals surface area (Å²) >= 11 is 6.24. The van der Waals surface area contributed by atoms with Gasteiger partial charge in [-0.3, -0.25) is 4.79 Å². The zero-order valence-corrected chi connectivity index (χ0v) is 15.2. The van der Waals surface area contributed by atoms with Crippen molar-refractivity contribution in [2.75, 3.05) is 20.8 Å². The van der Waals surface area contributed by atoms with E-state index >= 15 is 0 Å². The van der Waals surface area contributed by atoms with Gasteiger partial charge in [0, 0.05) is 24.4 Å². The van der Waals surface area contributed by atoms with E-state index < -0.39 is 0 Å². The number of carbonyl (C=O) groups excluding carboxylic acids is 1. The third kappa shape index (κ3) is 5.00. The fraction of sp³-hybridized carbons (Fsp3) is 0.333. The van der Waals surface area contributed by atoms with Crippen LogP contribution in [0.2, 0.25) is 5.02 Å². The van der Waals surface area contributed by atoms with Crippen molar-refractivity contribution in [3.05, 3.63) is 46.6 Å². The number of benzene rings is 1. The van der Waals surface area contributed by atoms with Gasteiger partial charge in [0.1, 0.15) is 0 Å². The maximum Gasteiger partial charge on any atom is 0.251 e. The summed E-state index contributed by atoms with van der Waals surface area (Å²) in [5, 5.41) is 3.17. The molecule has 2 aromatic rings. The first-order chi connectivity index (χ1) is 12.1. The maximum absolute atomic E-state index is 12.4. The van der Waals surface area contributed by atoms with Gasteiger partial charge in [-0.15, -0.1) is 0 Å². The highest BCUT2D eigenvalue weighted by Gasteiger charge is 2.16. The minimum atomic E-state index is -0.266. The molecule has 134 valence electrons. The van der Waals surface area contributed by atoms with Gasteiger partial charge < -0.3 is 19.5 Å². The summed E-state index contributed by atoms with van der Waals surface area (Å²) in [5.41, 5.74) is 1.27. The van der Waals surface area contributed by atoms with Crippen LogP contribution in [0.15, 0.2) is 30.5 Å². The molecule has 0 bridgehead atoms. The molecular weight excluding hydrogens is 344 g/mol. The number of ether oxygens (including phenoxy) is 3. The van der Waals surface area contributed by atoms with Gasteiger partial charge in [0.2, 0.25) is 5.88 Å². The average Bonchev–Trinajstić information content (AvgIpc) is 2.64. The lowest BCUT2D eigenvalue weighted by atomic mass is 10.1. The van der Waals surface area contributed by atoms with Crippen molar-refractivity contribution >= 4 is 17.5 Å². The third-order valence-electron chi connectivity index (χ3n) is 3.40. The average molecular weight is 365 g/mol. The van der Waals surface area contributed by atoms with Crippen molar-refractivity contribution in [3.63, 3.8) is 0 Å². The van der Waals surface area contributed by atoms with Gasteiger partial charge in [-0.1, -0.05) is 18.5 Å². The summed E-state index contributed by atoms with van der Waals surface area (Å²) in [4.78, 5) is 16.4. The second-order valence-electron chi connectivity index (χ2n) is 5.23. The van der Waals surface area contributed by atoms with E-state index in [0.717, 1.165) is 12.0 Å². The highest BCUT2D eigenvalue weighted by Crippen LogP contribution is 2.36. The number of halogens is 1. The second kappa shape index (κ2) is 9.13. The van der Waals surface area contributed by atoms with E-state index in [1.165, 1.54) is 7.11 Å². The second-order valence-corrected chi connectivity index (χ2v) is 5.63. The number of hydrogen-bond acceptors (Lipinski definition) is 5. The van der Waals surface area contributed by atoms with E-state index in [4.69, 9.17) is 25.8 Å². The molecule has 0 saturated heterocycles. The van der Waals surface area contributed by atoms with Crippen LogP contribution in [0.4, 0.5) is 0 Å². The van der Waals surface area contributed by atoms with E-state index in [9.17, 15) is 4.79 Å². The van der Waals surface area contributed by atoms with Gasteiger partial charge in [-0.2, -0.15) is 0 Å². The van der Waals surface area contributed by atoms with Crippen LogP contribution in [0.5, 0.6) is 17.4 Å². The Morgan fingerprint density at radius 3 is 2.72 bits per heavy atom. The van der Waals surface area contributed by atoms with Gasteiger partial charge in [-0.25, -0.2) is 4.98 Å². The lowest BCUT2D eigenvalue weighted by molar-refractivity contribution is 0.0950. The first kappa shape index (κ1) is 18.9. The van der Waals surface area contributed by atoms with E-state index in [-0.39, 0.29) is 5.91 Å². The van der Waals surface area contributed by atoms with Crippen molar-refractivity contribution in [2.45, 2.75) is 19.9 Å². The highest BCUT2D eigenvalue weighted by atomic mass is 35.5. The van der Waals surface area contributed by atoms with Crippen molar-refractivity contribution in [1.82, 2.24) is 10.3 Å². The molecule has 0 aliphatic rings. The topological polar surface area (TPSA) is 69.7 Å². The smallest absolute Gasteiger partial charge is 0.251 e. The van der Waals surface area contributed by atoms with Crippen LogP contribution in [0, 0.1) is 0 Å². The van der Waals surface area contributed by atoms with E-state index in [0.29, 0.717) is 41.1 Å². The number of carbonyl (C=O) groups is 1. The van der Waals surface area contributed by atoms with Crippen LogP contribution in [-0.4, -0.2) is 31.7 Å². The molecule has 1 aromatic carbocycles. The van der Waals surface area contributed by atoms with Gasteiger partial charge in [0.05, 0.1) is 25.8 Å². The normalized spacial score (nSPS) is 10.2. The minimum Gasteiger partial charge on any atom is -0.493 e. The van der Waals surface area contributed by atoms with Crippen LogP contribution >= 0.6 is 11.6 Å². The molecule has 0 spiro atoms. The number of nitrogens with zero attached hydrogens (tertiary/aromatic N) is 1. The molecule has 25 heavy (non-hydrogen) atoms. The summed E-state index contributed by atoms with van der Waals surface area (Å²) in [6, 6.07) is 6.74. The highest BCUT2D eigenvalue weighted by molar-refractivity contribution is 6.32. The molecular formula is C18H21ClN2O4. The molecule has 0 unspecified atom stereocenters. The Labute approximate surface area is 152 Å². The molecule has 1 aromatic heterocycles. The zero-order valence-electron chi connectivity index (χ0n) is 14.5. The molecule has 0 radical (unpaired) electrons.